The Morgan fingerprint density at radius 1 is 1.14 bits per heavy atom. The van der Waals surface area contributed by atoms with Crippen LogP contribution in [0.2, 0.25) is 0 Å². The Bertz CT molecular complexity index is 251. The zero-order valence-corrected chi connectivity index (χ0v) is 8.99. The van der Waals surface area contributed by atoms with Gasteiger partial charge in [-0.1, -0.05) is 0 Å². The molecule has 0 spiro atoms. The molecule has 4 heteroatoms. The lowest BCUT2D eigenvalue weighted by atomic mass is 10.2. The predicted octanol–water partition coefficient (Wildman–Crippen LogP) is 1.14. The van der Waals surface area contributed by atoms with Crippen molar-refractivity contribution in [1.29, 1.82) is 0 Å². The summed E-state index contributed by atoms with van der Waals surface area (Å²) in [4.78, 5) is 22.4. The summed E-state index contributed by atoms with van der Waals surface area (Å²) in [5.41, 5.74) is -0.486. The van der Waals surface area contributed by atoms with Crippen LogP contribution in [-0.4, -0.2) is 24.6 Å². The van der Waals surface area contributed by atoms with Gasteiger partial charge in [0.25, 0.3) is 0 Å². The van der Waals surface area contributed by atoms with Crippen LogP contribution in [0.5, 0.6) is 0 Å². The summed E-state index contributed by atoms with van der Waals surface area (Å²) in [5, 5.41) is 0. The molecule has 0 aromatic heterocycles. The Labute approximate surface area is 83.6 Å². The number of rotatable bonds is 2. The van der Waals surface area contributed by atoms with Gasteiger partial charge in [0.05, 0.1) is 18.9 Å². The van der Waals surface area contributed by atoms with E-state index < -0.39 is 5.60 Å². The van der Waals surface area contributed by atoms with Crippen molar-refractivity contribution in [3.8, 4) is 0 Å². The Hall–Kier alpha value is -1.06. The van der Waals surface area contributed by atoms with Gasteiger partial charge in [-0.3, -0.25) is 9.59 Å². The van der Waals surface area contributed by atoms with Crippen molar-refractivity contribution >= 4 is 11.9 Å². The van der Waals surface area contributed by atoms with E-state index in [9.17, 15) is 9.59 Å². The number of hydrogen-bond donors (Lipinski definition) is 0. The summed E-state index contributed by atoms with van der Waals surface area (Å²) < 4.78 is 9.68. The molecule has 2 unspecified atom stereocenters. The van der Waals surface area contributed by atoms with E-state index in [0.717, 1.165) is 0 Å². The molecule has 0 N–H and O–H groups in total. The fraction of sp³-hybridized carbons (Fsp3) is 0.800. The molecule has 1 aliphatic carbocycles. The third-order valence-electron chi connectivity index (χ3n) is 2.00. The van der Waals surface area contributed by atoms with Gasteiger partial charge in [-0.05, 0) is 27.2 Å². The molecular formula is C10H16O4. The smallest absolute Gasteiger partial charge is 0.310 e. The summed E-state index contributed by atoms with van der Waals surface area (Å²) in [7, 11) is 1.33. The number of methoxy groups -OCH3 is 1. The van der Waals surface area contributed by atoms with Gasteiger partial charge in [-0.15, -0.1) is 0 Å². The minimum absolute atomic E-state index is 0.283. The topological polar surface area (TPSA) is 52.6 Å². The van der Waals surface area contributed by atoms with Crippen LogP contribution in [0.3, 0.4) is 0 Å². The minimum atomic E-state index is -0.486. The summed E-state index contributed by atoms with van der Waals surface area (Å²) in [5.74, 6) is -1.19. The molecule has 4 nitrogen and oxygen atoms in total. The van der Waals surface area contributed by atoms with Crippen LogP contribution in [0.15, 0.2) is 0 Å². The fourth-order valence-electron chi connectivity index (χ4n) is 1.24. The van der Waals surface area contributed by atoms with Crippen LogP contribution in [-0.2, 0) is 19.1 Å². The van der Waals surface area contributed by atoms with E-state index in [1.165, 1.54) is 7.11 Å². The highest BCUT2D eigenvalue weighted by molar-refractivity contribution is 5.87. The summed E-state index contributed by atoms with van der Waals surface area (Å²) >= 11 is 0. The second-order valence-corrected chi connectivity index (χ2v) is 4.51. The lowest BCUT2D eigenvalue weighted by molar-refractivity contribution is -0.158. The Kier molecular flexibility index (Phi) is 2.83. The quantitative estimate of drug-likeness (QED) is 0.627. The van der Waals surface area contributed by atoms with Crippen molar-refractivity contribution in [2.75, 3.05) is 7.11 Å². The molecule has 14 heavy (non-hydrogen) atoms. The average molecular weight is 200 g/mol. The van der Waals surface area contributed by atoms with Crippen LogP contribution in [0, 0.1) is 11.8 Å². The lowest BCUT2D eigenvalue weighted by Gasteiger charge is -2.19. The molecule has 1 aliphatic rings. The molecule has 0 amide bonds. The van der Waals surface area contributed by atoms with Crippen LogP contribution in [0.4, 0.5) is 0 Å². The van der Waals surface area contributed by atoms with E-state index >= 15 is 0 Å². The molecule has 1 saturated carbocycles. The predicted molar refractivity (Wildman–Crippen MR) is 49.5 cm³/mol. The van der Waals surface area contributed by atoms with Crippen LogP contribution in [0.1, 0.15) is 27.2 Å². The first-order valence-corrected chi connectivity index (χ1v) is 4.66. The third kappa shape index (κ3) is 2.72. The Balaban J connectivity index is 2.40. The first-order chi connectivity index (χ1) is 6.35. The SMILES string of the molecule is COC(=O)C1CC1C(=O)OC(C)(C)C. The number of carbonyl (C=O) groups is 2. The molecule has 0 bridgehead atoms. The normalized spacial score (nSPS) is 25.4. The first kappa shape index (κ1) is 11.0. The van der Waals surface area contributed by atoms with Gasteiger partial charge in [0.1, 0.15) is 5.60 Å². The highest BCUT2D eigenvalue weighted by atomic mass is 16.6. The van der Waals surface area contributed by atoms with Crippen molar-refractivity contribution in [2.45, 2.75) is 32.8 Å². The number of hydrogen-bond acceptors (Lipinski definition) is 4. The Morgan fingerprint density at radius 3 is 2.07 bits per heavy atom. The van der Waals surface area contributed by atoms with E-state index in [1.807, 2.05) is 0 Å². The maximum Gasteiger partial charge on any atom is 0.310 e. The molecule has 80 valence electrons. The van der Waals surface area contributed by atoms with Crippen LogP contribution >= 0.6 is 0 Å². The monoisotopic (exact) mass is 200 g/mol. The maximum absolute atomic E-state index is 11.4. The molecule has 0 aromatic rings. The molecule has 0 heterocycles. The molecule has 0 saturated heterocycles. The molecule has 1 rings (SSSR count). The van der Waals surface area contributed by atoms with E-state index in [0.29, 0.717) is 6.42 Å². The van der Waals surface area contributed by atoms with Crippen molar-refractivity contribution in [3.63, 3.8) is 0 Å². The van der Waals surface area contributed by atoms with Crippen LogP contribution < -0.4 is 0 Å². The number of ether oxygens (including phenoxy) is 2. The summed E-state index contributed by atoms with van der Waals surface area (Å²) in [6.45, 7) is 5.42. The zero-order chi connectivity index (χ0) is 10.9. The number of esters is 2. The minimum Gasteiger partial charge on any atom is -0.469 e. The zero-order valence-electron chi connectivity index (χ0n) is 8.99. The molecular weight excluding hydrogens is 184 g/mol. The van der Waals surface area contributed by atoms with Crippen molar-refractivity contribution in [3.05, 3.63) is 0 Å². The van der Waals surface area contributed by atoms with Gasteiger partial charge >= 0.3 is 11.9 Å². The molecule has 2 atom stereocenters. The third-order valence-corrected chi connectivity index (χ3v) is 2.00. The standard InChI is InChI=1S/C10H16O4/c1-10(2,3)14-9(12)7-5-6(7)8(11)13-4/h6-7H,5H2,1-4H3. The second kappa shape index (κ2) is 3.59. The highest BCUT2D eigenvalue weighted by Gasteiger charge is 2.50. The largest absolute Gasteiger partial charge is 0.469 e. The van der Waals surface area contributed by atoms with Gasteiger partial charge in [-0.2, -0.15) is 0 Å². The molecule has 0 radical (unpaired) electrons. The highest BCUT2D eigenvalue weighted by Crippen LogP contribution is 2.41. The molecule has 1 fully saturated rings. The molecule has 0 aromatic carbocycles. The molecule has 0 aliphatic heterocycles. The average Bonchev–Trinajstić information content (AvgIpc) is 2.78. The van der Waals surface area contributed by atoms with Gasteiger partial charge in [0, 0.05) is 0 Å². The van der Waals surface area contributed by atoms with Gasteiger partial charge in [0.15, 0.2) is 0 Å². The van der Waals surface area contributed by atoms with E-state index in [4.69, 9.17) is 4.74 Å². The lowest BCUT2D eigenvalue weighted by Crippen LogP contribution is -2.25. The van der Waals surface area contributed by atoms with E-state index in [1.54, 1.807) is 20.8 Å². The van der Waals surface area contributed by atoms with Gasteiger partial charge in [0.2, 0.25) is 0 Å². The van der Waals surface area contributed by atoms with Gasteiger partial charge in [-0.25, -0.2) is 0 Å². The Morgan fingerprint density at radius 2 is 1.64 bits per heavy atom. The number of carbonyl (C=O) groups excluding carboxylic acids is 2. The van der Waals surface area contributed by atoms with Crippen molar-refractivity contribution in [1.82, 2.24) is 0 Å². The fourth-order valence-corrected chi connectivity index (χ4v) is 1.24. The second-order valence-electron chi connectivity index (χ2n) is 4.51. The summed E-state index contributed by atoms with van der Waals surface area (Å²) in [6, 6.07) is 0. The first-order valence-electron chi connectivity index (χ1n) is 4.66. The van der Waals surface area contributed by atoms with Crippen LogP contribution in [0.25, 0.3) is 0 Å². The van der Waals surface area contributed by atoms with E-state index in [2.05, 4.69) is 4.74 Å². The van der Waals surface area contributed by atoms with Crippen molar-refractivity contribution in [2.24, 2.45) is 11.8 Å². The van der Waals surface area contributed by atoms with Crippen molar-refractivity contribution < 1.29 is 19.1 Å². The van der Waals surface area contributed by atoms with E-state index in [-0.39, 0.29) is 23.8 Å². The summed E-state index contributed by atoms with van der Waals surface area (Å²) in [6.07, 6.45) is 0.557. The van der Waals surface area contributed by atoms with Gasteiger partial charge < -0.3 is 9.47 Å². The maximum atomic E-state index is 11.4.